The Morgan fingerprint density at radius 3 is 2.50 bits per heavy atom. The summed E-state index contributed by atoms with van der Waals surface area (Å²) in [5.74, 6) is -0.854. The van der Waals surface area contributed by atoms with Crippen LogP contribution in [0, 0.1) is 12.7 Å². The molecule has 0 unspecified atom stereocenters. The molecule has 2 heterocycles. The summed E-state index contributed by atoms with van der Waals surface area (Å²) in [5, 5.41) is 1.84. The van der Waals surface area contributed by atoms with E-state index in [1.54, 1.807) is 31.2 Å². The molecule has 0 bridgehead atoms. The highest BCUT2D eigenvalue weighted by Crippen LogP contribution is 2.23. The number of aryl methyl sites for hydroxylation is 1. The van der Waals surface area contributed by atoms with Crippen molar-refractivity contribution in [1.82, 2.24) is 10.9 Å². The topological polar surface area (TPSA) is 71.3 Å². The van der Waals surface area contributed by atoms with Crippen LogP contribution in [-0.2, 0) is 4.79 Å². The van der Waals surface area contributed by atoms with Crippen molar-refractivity contribution in [3.05, 3.63) is 81.7 Å². The van der Waals surface area contributed by atoms with Crippen LogP contribution >= 0.6 is 11.3 Å². The number of halogens is 1. The number of thiophene rings is 1. The van der Waals surface area contributed by atoms with Crippen LogP contribution in [0.15, 0.2) is 58.5 Å². The van der Waals surface area contributed by atoms with Gasteiger partial charge >= 0.3 is 0 Å². The largest absolute Gasteiger partial charge is 0.469 e. The Balaban J connectivity index is 1.79. The summed E-state index contributed by atoms with van der Waals surface area (Å²) in [6.07, 6.45) is 3.04. The van der Waals surface area contributed by atoms with Crippen molar-refractivity contribution in [2.24, 2.45) is 0 Å². The van der Waals surface area contributed by atoms with Crippen LogP contribution < -0.4 is 10.9 Å². The third-order valence-corrected chi connectivity index (χ3v) is 4.51. The Morgan fingerprint density at radius 1 is 1.12 bits per heavy atom. The van der Waals surface area contributed by atoms with E-state index in [0.717, 1.165) is 4.88 Å². The van der Waals surface area contributed by atoms with E-state index in [-0.39, 0.29) is 5.82 Å². The Hall–Kier alpha value is -3.19. The molecular weight excluding hydrogens is 355 g/mol. The maximum atomic E-state index is 13.1. The zero-order valence-electron chi connectivity index (χ0n) is 13.8. The zero-order chi connectivity index (χ0) is 18.5. The van der Waals surface area contributed by atoms with Crippen molar-refractivity contribution >= 4 is 34.8 Å². The van der Waals surface area contributed by atoms with E-state index in [0.29, 0.717) is 22.5 Å². The van der Waals surface area contributed by atoms with Crippen LogP contribution in [0.4, 0.5) is 4.39 Å². The lowest BCUT2D eigenvalue weighted by Crippen LogP contribution is -2.42. The number of hydrogen-bond donors (Lipinski definition) is 2. The molecule has 5 nitrogen and oxygen atoms in total. The van der Waals surface area contributed by atoms with E-state index in [2.05, 4.69) is 10.9 Å². The molecule has 0 saturated heterocycles. The first kappa shape index (κ1) is 17.6. The van der Waals surface area contributed by atoms with Crippen molar-refractivity contribution in [2.75, 3.05) is 0 Å². The second kappa shape index (κ2) is 7.79. The lowest BCUT2D eigenvalue weighted by atomic mass is 10.1. The van der Waals surface area contributed by atoms with Gasteiger partial charge in [-0.2, -0.15) is 0 Å². The molecule has 132 valence electrons. The maximum Gasteiger partial charge on any atom is 0.273 e. The van der Waals surface area contributed by atoms with Crippen molar-refractivity contribution in [2.45, 2.75) is 6.92 Å². The molecule has 2 aromatic heterocycles. The van der Waals surface area contributed by atoms with E-state index in [9.17, 15) is 14.0 Å². The normalized spacial score (nSPS) is 11.2. The number of rotatable bonds is 4. The van der Waals surface area contributed by atoms with E-state index < -0.39 is 11.8 Å². The van der Waals surface area contributed by atoms with Crippen LogP contribution in [0.5, 0.6) is 0 Å². The fraction of sp³-hybridized carbons (Fsp3) is 0.0526. The van der Waals surface area contributed by atoms with E-state index in [1.165, 1.54) is 35.8 Å². The Morgan fingerprint density at radius 2 is 1.88 bits per heavy atom. The van der Waals surface area contributed by atoms with Crippen LogP contribution in [-0.4, -0.2) is 11.8 Å². The summed E-state index contributed by atoms with van der Waals surface area (Å²) in [6.45, 7) is 1.66. The quantitative estimate of drug-likeness (QED) is 0.542. The molecule has 0 aliphatic heterocycles. The number of carbonyl (C=O) groups excluding carboxylic acids is 2. The second-order valence-electron chi connectivity index (χ2n) is 5.39. The molecular formula is C19H15FN2O3S. The van der Waals surface area contributed by atoms with Crippen molar-refractivity contribution in [1.29, 1.82) is 0 Å². The standard InChI is InChI=1S/C19H15FN2O3S/c1-12-15(8-9-25-12)18(23)21-22-19(24)16(17-3-2-10-26-17)11-13-4-6-14(20)7-5-13/h2-11H,1H3,(H,21,23)(H,22,24)/b16-11+. The first-order valence-corrected chi connectivity index (χ1v) is 8.58. The van der Waals surface area contributed by atoms with Gasteiger partial charge in [0.2, 0.25) is 0 Å². The van der Waals surface area contributed by atoms with Crippen LogP contribution in [0.1, 0.15) is 26.6 Å². The number of carbonyl (C=O) groups is 2. The van der Waals surface area contributed by atoms with Gasteiger partial charge in [0.1, 0.15) is 11.6 Å². The number of hydrogen-bond acceptors (Lipinski definition) is 4. The zero-order valence-corrected chi connectivity index (χ0v) is 14.6. The Labute approximate surface area is 153 Å². The highest BCUT2D eigenvalue weighted by atomic mass is 32.1. The van der Waals surface area contributed by atoms with Gasteiger partial charge in [-0.25, -0.2) is 4.39 Å². The average Bonchev–Trinajstić information content (AvgIpc) is 3.30. The molecule has 2 N–H and O–H groups in total. The highest BCUT2D eigenvalue weighted by molar-refractivity contribution is 7.11. The summed E-state index contributed by atoms with van der Waals surface area (Å²) in [6, 6.07) is 10.9. The van der Waals surface area contributed by atoms with Gasteiger partial charge in [-0.05, 0) is 48.2 Å². The number of hydrazine groups is 1. The Bertz CT molecular complexity index is 944. The summed E-state index contributed by atoms with van der Waals surface area (Å²) < 4.78 is 18.2. The van der Waals surface area contributed by atoms with E-state index in [1.807, 2.05) is 11.4 Å². The molecule has 0 fully saturated rings. The third kappa shape index (κ3) is 4.07. The van der Waals surface area contributed by atoms with Gasteiger partial charge in [-0.3, -0.25) is 20.4 Å². The Kier molecular flexibility index (Phi) is 5.28. The number of benzene rings is 1. The molecule has 0 aliphatic carbocycles. The van der Waals surface area contributed by atoms with Crippen LogP contribution in [0.3, 0.4) is 0 Å². The minimum Gasteiger partial charge on any atom is -0.469 e. The lowest BCUT2D eigenvalue weighted by Gasteiger charge is -2.09. The number of nitrogens with one attached hydrogen (secondary N) is 2. The average molecular weight is 370 g/mol. The summed E-state index contributed by atoms with van der Waals surface area (Å²) in [5.41, 5.74) is 6.13. The van der Waals surface area contributed by atoms with Gasteiger partial charge < -0.3 is 4.42 Å². The lowest BCUT2D eigenvalue weighted by molar-refractivity contribution is -0.116. The molecule has 3 rings (SSSR count). The fourth-order valence-corrected chi connectivity index (χ4v) is 3.01. The predicted octanol–water partition coefficient (Wildman–Crippen LogP) is 3.79. The number of amides is 2. The minimum atomic E-state index is -0.480. The molecule has 0 saturated carbocycles. The molecule has 2 amide bonds. The molecule has 3 aromatic rings. The third-order valence-electron chi connectivity index (χ3n) is 3.61. The van der Waals surface area contributed by atoms with Gasteiger partial charge in [-0.1, -0.05) is 18.2 Å². The maximum absolute atomic E-state index is 13.1. The summed E-state index contributed by atoms with van der Waals surface area (Å²) in [4.78, 5) is 25.4. The van der Waals surface area contributed by atoms with Crippen molar-refractivity contribution in [3.8, 4) is 0 Å². The molecule has 7 heteroatoms. The van der Waals surface area contributed by atoms with Gasteiger partial charge in [0, 0.05) is 4.88 Å². The van der Waals surface area contributed by atoms with Gasteiger partial charge in [-0.15, -0.1) is 11.3 Å². The van der Waals surface area contributed by atoms with Crippen molar-refractivity contribution in [3.63, 3.8) is 0 Å². The molecule has 0 atom stereocenters. The molecule has 26 heavy (non-hydrogen) atoms. The fourth-order valence-electron chi connectivity index (χ4n) is 2.27. The summed E-state index contributed by atoms with van der Waals surface area (Å²) in [7, 11) is 0. The summed E-state index contributed by atoms with van der Waals surface area (Å²) >= 11 is 1.39. The monoisotopic (exact) mass is 370 g/mol. The molecule has 0 radical (unpaired) electrons. The van der Waals surface area contributed by atoms with Gasteiger partial charge in [0.05, 0.1) is 17.4 Å². The highest BCUT2D eigenvalue weighted by Gasteiger charge is 2.16. The predicted molar refractivity (Wildman–Crippen MR) is 97.6 cm³/mol. The van der Waals surface area contributed by atoms with Crippen LogP contribution in [0.25, 0.3) is 11.6 Å². The van der Waals surface area contributed by atoms with Crippen molar-refractivity contribution < 1.29 is 18.4 Å². The molecule has 0 spiro atoms. The molecule has 1 aromatic carbocycles. The molecule has 0 aliphatic rings. The van der Waals surface area contributed by atoms with Crippen LogP contribution in [0.2, 0.25) is 0 Å². The first-order chi connectivity index (χ1) is 12.5. The first-order valence-electron chi connectivity index (χ1n) is 7.70. The second-order valence-corrected chi connectivity index (χ2v) is 6.33. The smallest absolute Gasteiger partial charge is 0.273 e. The number of furan rings is 1. The van der Waals surface area contributed by atoms with E-state index in [4.69, 9.17) is 4.42 Å². The SMILES string of the molecule is Cc1occc1C(=O)NNC(=O)/C(=C/c1ccc(F)cc1)c1cccs1. The van der Waals surface area contributed by atoms with Gasteiger partial charge in [0.15, 0.2) is 0 Å². The van der Waals surface area contributed by atoms with E-state index >= 15 is 0 Å². The minimum absolute atomic E-state index is 0.338. The van der Waals surface area contributed by atoms with Gasteiger partial charge in [0.25, 0.3) is 11.8 Å².